The van der Waals surface area contributed by atoms with Crippen molar-refractivity contribution >= 4 is 81.4 Å². The van der Waals surface area contributed by atoms with Crippen molar-refractivity contribution in [1.82, 2.24) is 60.6 Å². The van der Waals surface area contributed by atoms with Crippen molar-refractivity contribution in [2.24, 2.45) is 71.0 Å². The van der Waals surface area contributed by atoms with Gasteiger partial charge in [-0.3, -0.25) is 43.2 Å². The van der Waals surface area contributed by atoms with Crippen LogP contribution in [0.2, 0.25) is 0 Å². The van der Waals surface area contributed by atoms with Crippen molar-refractivity contribution in [2.75, 3.05) is 39.3 Å². The molecule has 9 aromatic rings. The first-order chi connectivity index (χ1) is 69.8. The number of hydrogen-bond acceptors (Lipinski definition) is 16. The molecular formula is C114H128F6N12O12S. The number of aliphatic carboxylic acids is 3. The van der Waals surface area contributed by atoms with Gasteiger partial charge in [0.2, 0.25) is 17.7 Å². The summed E-state index contributed by atoms with van der Waals surface area (Å²) in [5.74, 6) is 1.49. The van der Waals surface area contributed by atoms with E-state index in [0.717, 1.165) is 173 Å². The van der Waals surface area contributed by atoms with Gasteiger partial charge in [-0.15, -0.1) is 11.3 Å². The smallest absolute Gasteiger partial charge is 0.425 e. The SMILES string of the molecule is CCC1CCC(C2CC=C(c3cnc(-c4ccc(C[C@H](NC(=O)c5ccc(C(F)(F)F)cc5)C(=O)N5CC(C(=O)O)C5)cc4)nc3)CC2)CC1.CCC1CCC(C2CC=C(c3cnc(-c4ccc(C[C@H](NC(=O)c5ccc(C(F)(F)F)s5)C(=O)N5CC(C(=O)O)C5)cc4)nc3)CC2)CC1.CCC1CCC(C2CC=C(c3cnc(-c4ccc(C[C@H](NC(=O)c5ccccc5)C(=O)N5CC(C(=O)O)C5)cc4)nc3)CC2)CC1. The van der Waals surface area contributed by atoms with E-state index in [-0.39, 0.29) is 80.8 Å². The normalized spacial score (nSPS) is 22.1. The van der Waals surface area contributed by atoms with Crippen molar-refractivity contribution in [3.63, 3.8) is 0 Å². The predicted octanol–water partition coefficient (Wildman–Crippen LogP) is 21.4. The Kier molecular flexibility index (Phi) is 34.7. The van der Waals surface area contributed by atoms with Crippen LogP contribution in [0.4, 0.5) is 26.3 Å². The number of nitrogens with one attached hydrogen (secondary N) is 3. The molecule has 6 amide bonds. The molecule has 24 nitrogen and oxygen atoms in total. The standard InChI is InChI=1S/C39H43F3N4O4.C38H44N4O4.C37H41F3N4O4S/c1-2-24-3-7-26(8-4-24)27-11-13-28(14-12-27)31-20-43-35(44-21-31)29-9-5-25(6-10-29)19-34(37(48)46-22-32(23-46)38(49)50)45-36(47)30-15-17-33(18-16-30)39(40,41)42;1-2-25-8-12-27(13-9-25)28-16-18-29(19-17-28)32-21-39-35(40-22-32)30-14-10-26(11-15-30)20-34(37(44)42-23-33(24-42)38(45)46)41-36(43)31-6-4-3-5-7-31;1-2-22-3-7-24(8-4-22)25-11-13-26(14-12-25)28-18-41-33(42-19-28)27-9-5-23(6-10-27)17-30(35(46)44-20-29(21-44)36(47)48)43-34(45)31-15-16-32(49-31)37(38,39)40/h5-6,9-10,13,15-18,20-21,24,26-27,32,34H,2-4,7-8,11-12,14,19,22-23H2,1H3,(H,45,47)(H,49,50);3-7,10-11,14-15,18,21-22,25,27-28,33-34H,2,8-9,12-13,16-17,19-20,23-24H2,1H3,(H,41,43)(H,45,46);5-6,9-10,13,15-16,18-19,22,24-25,29-30H,2-4,7-8,11-12,14,17,20-21H2,1H3,(H,43,45)(H,47,48)/t24?,26?,27?,34-;25?,27?,28?,34-;22?,24?,25?,30-/m000/s1. The lowest BCUT2D eigenvalue weighted by Gasteiger charge is -2.39. The zero-order valence-corrected chi connectivity index (χ0v) is 83.0. The van der Waals surface area contributed by atoms with E-state index >= 15 is 0 Å². The molecule has 4 aromatic heterocycles. The Hall–Kier alpha value is -12.9. The summed E-state index contributed by atoms with van der Waals surface area (Å²) < 4.78 is 78.4. The fraction of sp³-hybridized carbons (Fsp3) is 0.465. The Bertz CT molecular complexity index is 6090. The minimum absolute atomic E-state index is 0.00145. The molecule has 3 saturated heterocycles. The van der Waals surface area contributed by atoms with Gasteiger partial charge < -0.3 is 46.0 Å². The second kappa shape index (κ2) is 47.9. The van der Waals surface area contributed by atoms with Crippen LogP contribution in [0.15, 0.2) is 195 Å². The maximum atomic E-state index is 13.4. The number of rotatable bonds is 30. The highest BCUT2D eigenvalue weighted by atomic mass is 32.1. The predicted molar refractivity (Wildman–Crippen MR) is 541 cm³/mol. The third-order valence-corrected chi connectivity index (χ3v) is 33.0. The second-order valence-electron chi connectivity index (χ2n) is 41.0. The number of halogens is 6. The number of amides is 6. The summed E-state index contributed by atoms with van der Waals surface area (Å²) in [6.07, 6.45) is 40.5. The van der Waals surface area contributed by atoms with Gasteiger partial charge in [-0.25, -0.2) is 29.9 Å². The monoisotopic (exact) mass is 2000 g/mol. The van der Waals surface area contributed by atoms with Gasteiger partial charge >= 0.3 is 30.3 Å². The molecule has 0 spiro atoms. The van der Waals surface area contributed by atoms with Crippen LogP contribution in [-0.4, -0.2) is 171 Å². The zero-order valence-electron chi connectivity index (χ0n) is 82.2. The molecule has 5 aromatic carbocycles. The van der Waals surface area contributed by atoms with Crippen LogP contribution in [-0.2, 0) is 60.4 Å². The maximum Gasteiger partial charge on any atom is 0.425 e. The first-order valence-electron chi connectivity index (χ1n) is 51.5. The quantitative estimate of drug-likeness (QED) is 0.0228. The molecule has 6 atom stereocenters. The van der Waals surface area contributed by atoms with Crippen LogP contribution >= 0.6 is 11.3 Å². The average Bonchev–Trinajstić information content (AvgIpc) is 1.80. The largest absolute Gasteiger partial charge is 0.481 e. The fourth-order valence-corrected chi connectivity index (χ4v) is 23.1. The van der Waals surface area contributed by atoms with Crippen LogP contribution < -0.4 is 16.0 Å². The Morgan fingerprint density at radius 2 is 0.641 bits per heavy atom. The van der Waals surface area contributed by atoms with Crippen molar-refractivity contribution in [2.45, 2.75) is 225 Å². The highest BCUT2D eigenvalue weighted by molar-refractivity contribution is 7.14. The van der Waals surface area contributed by atoms with Crippen LogP contribution in [0.25, 0.3) is 50.9 Å². The van der Waals surface area contributed by atoms with Crippen LogP contribution in [0.1, 0.15) is 249 Å². The maximum absolute atomic E-state index is 13.4. The molecule has 9 aliphatic rings. The third kappa shape index (κ3) is 27.1. The fourth-order valence-electron chi connectivity index (χ4n) is 22.3. The number of nitrogens with zero attached hydrogens (tertiary/aromatic N) is 9. The van der Waals surface area contributed by atoms with Crippen LogP contribution in [0, 0.1) is 71.0 Å². The molecule has 18 rings (SSSR count). The molecule has 3 aliphatic heterocycles. The lowest BCUT2D eigenvalue weighted by atomic mass is 9.71. The molecule has 0 radical (unpaired) electrons. The lowest BCUT2D eigenvalue weighted by Crippen LogP contribution is -2.59. The highest BCUT2D eigenvalue weighted by Gasteiger charge is 2.44. The number of benzene rings is 5. The van der Waals surface area contributed by atoms with Gasteiger partial charge in [-0.2, -0.15) is 26.3 Å². The number of carboxylic acid groups (broad SMARTS) is 3. The average molecular weight is 2000 g/mol. The number of carbonyl (C=O) groups is 9. The number of allylic oxidation sites excluding steroid dienone is 6. The van der Waals surface area contributed by atoms with E-state index < -0.39 is 100 Å². The van der Waals surface area contributed by atoms with Crippen molar-refractivity contribution in [3.8, 4) is 34.2 Å². The number of hydrogen-bond donors (Lipinski definition) is 6. The van der Waals surface area contributed by atoms with E-state index in [0.29, 0.717) is 39.9 Å². The van der Waals surface area contributed by atoms with Gasteiger partial charge in [0.05, 0.1) is 28.2 Å². The van der Waals surface area contributed by atoms with Crippen molar-refractivity contribution in [1.29, 1.82) is 0 Å². The highest BCUT2D eigenvalue weighted by Crippen LogP contribution is 2.47. The van der Waals surface area contributed by atoms with Crippen LogP contribution in [0.5, 0.6) is 0 Å². The zero-order chi connectivity index (χ0) is 102. The van der Waals surface area contributed by atoms with E-state index in [1.54, 1.807) is 36.4 Å². The van der Waals surface area contributed by atoms with Crippen molar-refractivity contribution in [3.05, 3.63) is 255 Å². The summed E-state index contributed by atoms with van der Waals surface area (Å²) in [7, 11) is 0. The van der Waals surface area contributed by atoms with E-state index in [1.807, 2.05) is 104 Å². The topological polar surface area (TPSA) is 337 Å². The molecule has 3 unspecified atom stereocenters. The first kappa shape index (κ1) is 105. The third-order valence-electron chi connectivity index (χ3n) is 31.8. The van der Waals surface area contributed by atoms with Gasteiger partial charge in [0, 0.05) is 140 Å². The molecule has 6 N–H and O–H groups in total. The number of thiophene rings is 1. The van der Waals surface area contributed by atoms with Gasteiger partial charge in [0.1, 0.15) is 23.0 Å². The van der Waals surface area contributed by atoms with Crippen molar-refractivity contribution < 1.29 is 84.8 Å². The van der Waals surface area contributed by atoms with E-state index in [1.165, 1.54) is 147 Å². The molecule has 6 fully saturated rings. The number of carboxylic acids is 3. The van der Waals surface area contributed by atoms with Crippen LogP contribution in [0.3, 0.4) is 0 Å². The molecule has 7 heterocycles. The molecule has 0 bridgehead atoms. The molecule has 145 heavy (non-hydrogen) atoms. The summed E-state index contributed by atoms with van der Waals surface area (Å²) in [4.78, 5) is 144. The summed E-state index contributed by atoms with van der Waals surface area (Å²) in [6.45, 7) is 7.28. The Labute approximate surface area is 845 Å². The molecular weight excluding hydrogens is 1880 g/mol. The molecule has 764 valence electrons. The van der Waals surface area contributed by atoms with E-state index in [4.69, 9.17) is 0 Å². The number of carbonyl (C=O) groups excluding carboxylic acids is 6. The summed E-state index contributed by atoms with van der Waals surface area (Å²) in [6, 6.07) is 33.7. The molecule has 6 aliphatic carbocycles. The van der Waals surface area contributed by atoms with E-state index in [9.17, 15) is 84.8 Å². The lowest BCUT2D eigenvalue weighted by molar-refractivity contribution is -0.155. The van der Waals surface area contributed by atoms with Gasteiger partial charge in [-0.1, -0.05) is 188 Å². The summed E-state index contributed by atoms with van der Waals surface area (Å²) in [5, 5.41) is 35.8. The summed E-state index contributed by atoms with van der Waals surface area (Å²) in [5.41, 5.74) is 11.4. The van der Waals surface area contributed by atoms with E-state index in [2.05, 4.69) is 84.9 Å². The Morgan fingerprint density at radius 3 is 0.903 bits per heavy atom. The first-order valence-corrected chi connectivity index (χ1v) is 52.3. The number of aromatic nitrogens is 6. The summed E-state index contributed by atoms with van der Waals surface area (Å²) >= 11 is 0.299. The number of likely N-dealkylation sites (tertiary alicyclic amines) is 3. The second-order valence-corrected chi connectivity index (χ2v) is 42.0. The minimum atomic E-state index is -4.59. The molecule has 3 saturated carbocycles. The minimum Gasteiger partial charge on any atom is -0.481 e. The Balaban J connectivity index is 0.000000156. The Morgan fingerprint density at radius 1 is 0.345 bits per heavy atom. The molecule has 31 heteroatoms. The van der Waals surface area contributed by atoms with Gasteiger partial charge in [0.15, 0.2) is 17.5 Å². The van der Waals surface area contributed by atoms with Gasteiger partial charge in [0.25, 0.3) is 17.7 Å². The number of alkyl halides is 6. The van der Waals surface area contributed by atoms with Gasteiger partial charge in [-0.05, 0) is 232 Å².